The van der Waals surface area contributed by atoms with Crippen molar-refractivity contribution in [1.29, 1.82) is 0 Å². The first-order chi connectivity index (χ1) is 32.1. The van der Waals surface area contributed by atoms with Crippen LogP contribution >= 0.6 is 0 Å². The summed E-state index contributed by atoms with van der Waals surface area (Å²) in [4.78, 5) is 45.1. The summed E-state index contributed by atoms with van der Waals surface area (Å²) in [6, 6.07) is 2.01. The number of carbonyl (C=O) groups is 3. The van der Waals surface area contributed by atoms with Crippen LogP contribution in [0.25, 0.3) is 0 Å². The Balaban J connectivity index is 1.76. The predicted molar refractivity (Wildman–Crippen MR) is 233 cm³/mol. The normalized spacial score (nSPS) is 12.1. The second-order valence-corrected chi connectivity index (χ2v) is 13.9. The summed E-state index contributed by atoms with van der Waals surface area (Å²) in [5.41, 5.74) is -0.104. The van der Waals surface area contributed by atoms with E-state index in [9.17, 15) is 24.5 Å². The summed E-state index contributed by atoms with van der Waals surface area (Å²) >= 11 is 0. The fourth-order valence-corrected chi connectivity index (χ4v) is 5.07. The largest absolute Gasteiger partial charge is 0.493 e. The lowest BCUT2D eigenvalue weighted by molar-refractivity contribution is -0.385. The minimum absolute atomic E-state index is 0.0561. The van der Waals surface area contributed by atoms with Crippen molar-refractivity contribution in [3.8, 4) is 11.5 Å². The maximum atomic E-state index is 12.2. The van der Waals surface area contributed by atoms with Crippen molar-refractivity contribution in [2.24, 2.45) is 0 Å². The first-order valence-corrected chi connectivity index (χ1v) is 21.8. The first-order valence-electron chi connectivity index (χ1n) is 21.8. The number of amides is 2. The molecule has 1 aromatic rings. The zero-order valence-electron chi connectivity index (χ0n) is 39.0. The van der Waals surface area contributed by atoms with E-state index in [1.807, 2.05) is 0 Å². The summed E-state index contributed by atoms with van der Waals surface area (Å²) in [5, 5.41) is 25.3. The van der Waals surface area contributed by atoms with E-state index in [1.165, 1.54) is 26.4 Å². The van der Waals surface area contributed by atoms with Crippen LogP contribution in [0.2, 0.25) is 0 Å². The van der Waals surface area contributed by atoms with E-state index in [0.29, 0.717) is 152 Å². The monoisotopic (exact) mass is 955 g/mol. The number of carbonyl (C=O) groups excluding carboxylic acids is 2. The Morgan fingerprint density at radius 1 is 0.530 bits per heavy atom. The van der Waals surface area contributed by atoms with E-state index in [-0.39, 0.29) is 66.8 Å². The second-order valence-electron chi connectivity index (χ2n) is 13.9. The van der Waals surface area contributed by atoms with E-state index < -0.39 is 17.0 Å². The molecule has 0 heterocycles. The van der Waals surface area contributed by atoms with E-state index in [0.717, 1.165) is 0 Å². The molecule has 0 aliphatic heterocycles. The van der Waals surface area contributed by atoms with E-state index >= 15 is 0 Å². The Bertz CT molecular complexity index is 1400. The molecule has 24 nitrogen and oxygen atoms in total. The van der Waals surface area contributed by atoms with Crippen molar-refractivity contribution in [1.82, 2.24) is 10.6 Å². The van der Waals surface area contributed by atoms with Gasteiger partial charge in [-0.3, -0.25) is 19.7 Å². The van der Waals surface area contributed by atoms with Gasteiger partial charge >= 0.3 is 12.1 Å². The van der Waals surface area contributed by atoms with Crippen molar-refractivity contribution in [3.63, 3.8) is 0 Å². The molecule has 2 amide bonds. The Morgan fingerprint density at radius 3 is 1.17 bits per heavy atom. The highest BCUT2D eigenvalue weighted by atomic mass is 16.6. The van der Waals surface area contributed by atoms with Crippen LogP contribution in [0.3, 0.4) is 0 Å². The van der Waals surface area contributed by atoms with Gasteiger partial charge in [-0.15, -0.1) is 0 Å². The smallest absolute Gasteiger partial charge is 0.407 e. The molecular weight excluding hydrogens is 882 g/mol. The molecule has 0 saturated heterocycles. The van der Waals surface area contributed by atoms with Gasteiger partial charge in [0.15, 0.2) is 11.5 Å². The maximum Gasteiger partial charge on any atom is 0.407 e. The van der Waals surface area contributed by atoms with E-state index in [4.69, 9.17) is 76.2 Å². The second kappa shape index (κ2) is 42.3. The number of nitro groups is 1. The van der Waals surface area contributed by atoms with Gasteiger partial charge in [0.25, 0.3) is 5.69 Å². The highest BCUT2D eigenvalue weighted by Crippen LogP contribution is 2.34. The molecule has 0 radical (unpaired) electrons. The molecule has 1 aromatic carbocycles. The Hall–Kier alpha value is -4.05. The van der Waals surface area contributed by atoms with Crippen LogP contribution in [0.4, 0.5) is 10.5 Å². The SMILES string of the molecule is COc1cc(COC(=O)NC(C)COCCOCCOCCOCCOCCOCCOCCOCCOCCOCCOCCOCC(C)NC(=O)CCC(=O)O)c([N+](=O)[O-])cc1OC. The van der Waals surface area contributed by atoms with Gasteiger partial charge < -0.3 is 86.8 Å². The number of nitrogens with one attached hydrogen (secondary N) is 2. The van der Waals surface area contributed by atoms with Gasteiger partial charge in [-0.05, 0) is 19.9 Å². The van der Waals surface area contributed by atoms with Crippen LogP contribution in [-0.4, -0.2) is 213 Å². The molecule has 0 saturated carbocycles. The highest BCUT2D eigenvalue weighted by molar-refractivity contribution is 5.80. The topological polar surface area (TPSA) is 277 Å². The summed E-state index contributed by atoms with van der Waals surface area (Å²) < 4.78 is 81.1. The molecule has 0 fully saturated rings. The highest BCUT2D eigenvalue weighted by Gasteiger charge is 2.21. The minimum atomic E-state index is -1.01. The number of methoxy groups -OCH3 is 2. The third-order valence-corrected chi connectivity index (χ3v) is 8.31. The summed E-state index contributed by atoms with van der Waals surface area (Å²) in [6.07, 6.45) is -1.01. The van der Waals surface area contributed by atoms with Gasteiger partial charge in [0.2, 0.25) is 5.91 Å². The fraction of sp³-hybridized carbons (Fsp3) is 0.786. The van der Waals surface area contributed by atoms with Crippen LogP contribution in [0, 0.1) is 10.1 Å². The zero-order chi connectivity index (χ0) is 48.3. The van der Waals surface area contributed by atoms with Gasteiger partial charge in [-0.2, -0.15) is 0 Å². The lowest BCUT2D eigenvalue weighted by atomic mass is 10.1. The van der Waals surface area contributed by atoms with Crippen molar-refractivity contribution in [3.05, 3.63) is 27.8 Å². The molecule has 0 aromatic heterocycles. The number of carboxylic acids is 1. The van der Waals surface area contributed by atoms with Crippen molar-refractivity contribution in [2.75, 3.05) is 173 Å². The number of nitro benzene ring substituents is 1. The maximum absolute atomic E-state index is 12.2. The van der Waals surface area contributed by atoms with E-state index in [2.05, 4.69) is 10.6 Å². The molecule has 3 N–H and O–H groups in total. The lowest BCUT2D eigenvalue weighted by Gasteiger charge is -2.15. The molecule has 382 valence electrons. The third-order valence-electron chi connectivity index (χ3n) is 8.31. The quantitative estimate of drug-likeness (QED) is 0.0477. The number of aliphatic carboxylic acids is 1. The van der Waals surface area contributed by atoms with Crippen LogP contribution in [0.1, 0.15) is 32.3 Å². The summed E-state index contributed by atoms with van der Waals surface area (Å²) in [5.74, 6) is -0.857. The van der Waals surface area contributed by atoms with Gasteiger partial charge in [0.1, 0.15) is 6.61 Å². The van der Waals surface area contributed by atoms with Crippen LogP contribution in [0.5, 0.6) is 11.5 Å². The summed E-state index contributed by atoms with van der Waals surface area (Å²) in [7, 11) is 2.77. The molecule has 24 heteroatoms. The molecule has 2 atom stereocenters. The fourth-order valence-electron chi connectivity index (χ4n) is 5.07. The number of ether oxygens (including phenoxy) is 15. The molecule has 66 heavy (non-hydrogen) atoms. The third kappa shape index (κ3) is 35.2. The molecule has 0 aliphatic rings. The standard InChI is InChI=1S/C42H73N3O21/c1-34(43-40(46)5-6-41(47)48)31-64-27-25-62-23-21-60-19-17-58-15-13-56-11-9-54-7-8-55-10-12-57-14-16-59-18-20-61-22-24-63-26-28-65-32-35(2)44-42(49)66-33-36-29-38(52-3)39(53-4)30-37(36)45(50)51/h29-30,34-35H,5-28,31-33H2,1-4H3,(H,43,46)(H,44,49)(H,47,48). The Morgan fingerprint density at radius 2 is 0.848 bits per heavy atom. The van der Waals surface area contributed by atoms with E-state index in [1.54, 1.807) is 13.8 Å². The van der Waals surface area contributed by atoms with Crippen LogP contribution in [0.15, 0.2) is 12.1 Å². The number of nitrogens with zero attached hydrogens (tertiary/aromatic N) is 1. The number of hydrogen-bond donors (Lipinski definition) is 3. The Labute approximate surface area is 386 Å². The van der Waals surface area contributed by atoms with Crippen molar-refractivity contribution >= 4 is 23.7 Å². The Kier molecular flexibility index (Phi) is 38.4. The average Bonchev–Trinajstić information content (AvgIpc) is 3.29. The number of rotatable bonds is 47. The average molecular weight is 956 g/mol. The first kappa shape index (κ1) is 60.0. The molecule has 0 bridgehead atoms. The van der Waals surface area contributed by atoms with Gasteiger partial charge in [-0.25, -0.2) is 4.79 Å². The van der Waals surface area contributed by atoms with Crippen molar-refractivity contribution < 1.29 is 95.5 Å². The number of benzene rings is 1. The number of alkyl carbamates (subject to hydrolysis) is 1. The number of carboxylic acid groups (broad SMARTS) is 1. The molecule has 0 aliphatic carbocycles. The van der Waals surface area contributed by atoms with Gasteiger partial charge in [0, 0.05) is 12.5 Å². The van der Waals surface area contributed by atoms with Gasteiger partial charge in [0.05, 0.1) is 202 Å². The lowest BCUT2D eigenvalue weighted by Crippen LogP contribution is -2.36. The van der Waals surface area contributed by atoms with Crippen LogP contribution < -0.4 is 20.1 Å². The summed E-state index contributed by atoms with van der Waals surface area (Å²) in [6.45, 7) is 12.9. The molecule has 0 spiro atoms. The molecule has 1 rings (SSSR count). The predicted octanol–water partition coefficient (Wildman–Crippen LogP) is 1.80. The molecular formula is C42H73N3O21. The zero-order valence-corrected chi connectivity index (χ0v) is 39.0. The van der Waals surface area contributed by atoms with Crippen molar-refractivity contribution in [2.45, 2.75) is 45.4 Å². The van der Waals surface area contributed by atoms with Gasteiger partial charge in [-0.1, -0.05) is 0 Å². The minimum Gasteiger partial charge on any atom is -0.493 e. The van der Waals surface area contributed by atoms with Crippen LogP contribution in [-0.2, 0) is 77.8 Å². The molecule has 2 unspecified atom stereocenters. The number of hydrogen-bond acceptors (Lipinski definition) is 20.